The number of para-hydroxylation sites is 2. The first kappa shape index (κ1) is 15.3. The highest BCUT2D eigenvalue weighted by atomic mass is 32.2. The van der Waals surface area contributed by atoms with Gasteiger partial charge in [-0.3, -0.25) is 4.79 Å². The minimum atomic E-state index is -0.190. The van der Waals surface area contributed by atoms with E-state index in [0.29, 0.717) is 0 Å². The van der Waals surface area contributed by atoms with Crippen LogP contribution in [0.1, 0.15) is 5.56 Å². The molecule has 6 heteroatoms. The highest BCUT2D eigenvalue weighted by molar-refractivity contribution is 7.98. The molecule has 0 aliphatic rings. The van der Waals surface area contributed by atoms with Crippen molar-refractivity contribution in [2.45, 2.75) is 11.4 Å². The number of carbonyl (C=O) groups excluding carboxylic acids is 1. The van der Waals surface area contributed by atoms with E-state index in [1.54, 1.807) is 28.9 Å². The summed E-state index contributed by atoms with van der Waals surface area (Å²) in [5, 5.41) is 3.99. The van der Waals surface area contributed by atoms with Gasteiger partial charge in [0.2, 0.25) is 0 Å². The van der Waals surface area contributed by atoms with Gasteiger partial charge in [0.1, 0.15) is 6.54 Å². The van der Waals surface area contributed by atoms with Crippen molar-refractivity contribution in [1.82, 2.24) is 15.0 Å². The Morgan fingerprint density at radius 1 is 1.26 bits per heavy atom. The van der Waals surface area contributed by atoms with Crippen molar-refractivity contribution in [2.24, 2.45) is 5.10 Å². The fourth-order valence-corrected chi connectivity index (χ4v) is 2.60. The molecule has 0 saturated carbocycles. The molecule has 1 aromatic heterocycles. The zero-order valence-corrected chi connectivity index (χ0v) is 13.5. The lowest BCUT2D eigenvalue weighted by atomic mass is 10.2. The molecule has 0 atom stereocenters. The van der Waals surface area contributed by atoms with Crippen LogP contribution in [0.15, 0.2) is 64.9 Å². The third-order valence-corrected chi connectivity index (χ3v) is 4.10. The number of nitrogens with one attached hydrogen (secondary N) is 1. The predicted octanol–water partition coefficient (Wildman–Crippen LogP) is 2.91. The van der Waals surface area contributed by atoms with Crippen LogP contribution in [-0.4, -0.2) is 27.9 Å². The summed E-state index contributed by atoms with van der Waals surface area (Å²) in [6.07, 6.45) is 5.33. The van der Waals surface area contributed by atoms with Crippen LogP contribution in [0.4, 0.5) is 0 Å². The fourth-order valence-electron chi connectivity index (χ4n) is 2.20. The lowest BCUT2D eigenvalue weighted by molar-refractivity contribution is -0.121. The van der Waals surface area contributed by atoms with Crippen LogP contribution in [0.25, 0.3) is 11.0 Å². The normalized spacial score (nSPS) is 11.2. The van der Waals surface area contributed by atoms with E-state index in [0.717, 1.165) is 16.6 Å². The zero-order chi connectivity index (χ0) is 16.1. The summed E-state index contributed by atoms with van der Waals surface area (Å²) in [6, 6.07) is 15.7. The van der Waals surface area contributed by atoms with Crippen molar-refractivity contribution in [2.75, 3.05) is 6.26 Å². The molecular weight excluding hydrogens is 308 g/mol. The molecule has 3 aromatic rings. The van der Waals surface area contributed by atoms with E-state index in [2.05, 4.69) is 15.5 Å². The summed E-state index contributed by atoms with van der Waals surface area (Å²) < 4.78 is 1.80. The molecule has 0 saturated heterocycles. The molecule has 0 bridgehead atoms. The van der Waals surface area contributed by atoms with Crippen molar-refractivity contribution in [3.8, 4) is 0 Å². The van der Waals surface area contributed by atoms with E-state index in [9.17, 15) is 4.79 Å². The van der Waals surface area contributed by atoms with Gasteiger partial charge in [-0.1, -0.05) is 24.3 Å². The first-order chi connectivity index (χ1) is 11.3. The second kappa shape index (κ2) is 7.11. The number of carbonyl (C=O) groups is 1. The number of fused-ring (bicyclic) bond motifs is 1. The minimum absolute atomic E-state index is 0.184. The Hall–Kier alpha value is -2.60. The van der Waals surface area contributed by atoms with Gasteiger partial charge in [0, 0.05) is 4.90 Å². The summed E-state index contributed by atoms with van der Waals surface area (Å²) in [5.41, 5.74) is 5.28. The molecule has 0 aliphatic heterocycles. The molecule has 5 nitrogen and oxygen atoms in total. The van der Waals surface area contributed by atoms with Crippen LogP contribution in [0.2, 0.25) is 0 Å². The molecular formula is C17H16N4OS. The highest BCUT2D eigenvalue weighted by Gasteiger charge is 2.05. The molecule has 3 rings (SSSR count). The van der Waals surface area contributed by atoms with Gasteiger partial charge in [-0.05, 0) is 36.1 Å². The SMILES string of the molecule is CSc1ccc(/C=N\NC(=O)Cn2cnc3ccccc32)cc1. The first-order valence-corrected chi connectivity index (χ1v) is 8.34. The Labute approximate surface area is 138 Å². The largest absolute Gasteiger partial charge is 0.321 e. The van der Waals surface area contributed by atoms with Gasteiger partial charge in [-0.15, -0.1) is 11.8 Å². The number of benzene rings is 2. The van der Waals surface area contributed by atoms with Crippen LogP contribution < -0.4 is 5.43 Å². The van der Waals surface area contributed by atoms with E-state index in [1.807, 2.05) is 54.8 Å². The fraction of sp³-hybridized carbons (Fsp3) is 0.118. The van der Waals surface area contributed by atoms with E-state index in [4.69, 9.17) is 0 Å². The number of hydrazone groups is 1. The number of thioether (sulfide) groups is 1. The Bertz CT molecular complexity index is 839. The maximum absolute atomic E-state index is 12.0. The van der Waals surface area contributed by atoms with Crippen LogP contribution >= 0.6 is 11.8 Å². The third-order valence-electron chi connectivity index (χ3n) is 3.36. The molecule has 0 spiro atoms. The maximum atomic E-state index is 12.0. The van der Waals surface area contributed by atoms with Gasteiger partial charge in [0.25, 0.3) is 5.91 Å². The van der Waals surface area contributed by atoms with E-state index in [-0.39, 0.29) is 12.5 Å². The lowest BCUT2D eigenvalue weighted by Gasteiger charge is -2.03. The third kappa shape index (κ3) is 3.78. The summed E-state index contributed by atoms with van der Waals surface area (Å²) >= 11 is 1.69. The standard InChI is InChI=1S/C17H16N4OS/c1-23-14-8-6-13(7-9-14)10-19-20-17(22)11-21-12-18-15-4-2-3-5-16(15)21/h2-10,12H,11H2,1H3,(H,20,22)/b19-10-. The average Bonchev–Trinajstić information content (AvgIpc) is 2.99. The van der Waals surface area contributed by atoms with Gasteiger partial charge < -0.3 is 4.57 Å². The first-order valence-electron chi connectivity index (χ1n) is 7.12. The van der Waals surface area contributed by atoms with Crippen molar-refractivity contribution < 1.29 is 4.79 Å². The molecule has 0 aliphatic carbocycles. The Kier molecular flexibility index (Phi) is 4.73. The Balaban J connectivity index is 1.59. The maximum Gasteiger partial charge on any atom is 0.260 e. The quantitative estimate of drug-likeness (QED) is 0.446. The molecule has 1 amide bonds. The summed E-state index contributed by atoms with van der Waals surface area (Å²) in [7, 11) is 0. The van der Waals surface area contributed by atoms with Crippen LogP contribution in [0, 0.1) is 0 Å². The molecule has 2 aromatic carbocycles. The van der Waals surface area contributed by atoms with Gasteiger partial charge >= 0.3 is 0 Å². The number of amides is 1. The number of aromatic nitrogens is 2. The number of hydrogen-bond acceptors (Lipinski definition) is 4. The topological polar surface area (TPSA) is 59.3 Å². The minimum Gasteiger partial charge on any atom is -0.321 e. The van der Waals surface area contributed by atoms with Gasteiger partial charge in [-0.2, -0.15) is 5.10 Å². The number of rotatable bonds is 5. The molecule has 1 heterocycles. The van der Waals surface area contributed by atoms with Gasteiger partial charge in [0.15, 0.2) is 0 Å². The lowest BCUT2D eigenvalue weighted by Crippen LogP contribution is -2.22. The number of nitrogens with zero attached hydrogens (tertiary/aromatic N) is 3. The van der Waals surface area contributed by atoms with Gasteiger partial charge in [-0.25, -0.2) is 10.4 Å². The van der Waals surface area contributed by atoms with Crippen molar-refractivity contribution in [1.29, 1.82) is 0 Å². The van der Waals surface area contributed by atoms with Crippen LogP contribution in [-0.2, 0) is 11.3 Å². The molecule has 0 radical (unpaired) electrons. The molecule has 0 unspecified atom stereocenters. The number of imidazole rings is 1. The second-order valence-corrected chi connectivity index (χ2v) is 5.81. The number of hydrogen-bond donors (Lipinski definition) is 1. The Morgan fingerprint density at radius 2 is 2.04 bits per heavy atom. The van der Waals surface area contributed by atoms with E-state index >= 15 is 0 Å². The summed E-state index contributed by atoms with van der Waals surface area (Å²) in [5.74, 6) is -0.190. The second-order valence-electron chi connectivity index (χ2n) is 4.93. The average molecular weight is 324 g/mol. The molecule has 0 fully saturated rings. The van der Waals surface area contributed by atoms with Crippen LogP contribution in [0.3, 0.4) is 0 Å². The Morgan fingerprint density at radius 3 is 2.83 bits per heavy atom. The molecule has 23 heavy (non-hydrogen) atoms. The predicted molar refractivity (Wildman–Crippen MR) is 93.7 cm³/mol. The van der Waals surface area contributed by atoms with Gasteiger partial charge in [0.05, 0.1) is 23.6 Å². The van der Waals surface area contributed by atoms with Crippen molar-refractivity contribution >= 4 is 34.9 Å². The zero-order valence-electron chi connectivity index (χ0n) is 12.6. The monoisotopic (exact) mass is 324 g/mol. The highest BCUT2D eigenvalue weighted by Crippen LogP contribution is 2.14. The summed E-state index contributed by atoms with van der Waals surface area (Å²) in [6.45, 7) is 0.184. The van der Waals surface area contributed by atoms with Crippen molar-refractivity contribution in [3.63, 3.8) is 0 Å². The molecule has 116 valence electrons. The summed E-state index contributed by atoms with van der Waals surface area (Å²) in [4.78, 5) is 17.4. The van der Waals surface area contributed by atoms with E-state index in [1.165, 1.54) is 4.90 Å². The molecule has 1 N–H and O–H groups in total. The van der Waals surface area contributed by atoms with Crippen molar-refractivity contribution in [3.05, 3.63) is 60.4 Å². The van der Waals surface area contributed by atoms with E-state index < -0.39 is 0 Å². The van der Waals surface area contributed by atoms with Crippen LogP contribution in [0.5, 0.6) is 0 Å². The smallest absolute Gasteiger partial charge is 0.260 e.